The average Bonchev–Trinajstić information content (AvgIpc) is 2.66. The number of halogens is 1. The van der Waals surface area contributed by atoms with E-state index in [1.54, 1.807) is 12.1 Å². The summed E-state index contributed by atoms with van der Waals surface area (Å²) in [6, 6.07) is 12.1. The third-order valence-corrected chi connectivity index (χ3v) is 5.10. The van der Waals surface area contributed by atoms with Crippen LogP contribution in [0.25, 0.3) is 0 Å². The lowest BCUT2D eigenvalue weighted by Crippen LogP contribution is -2.34. The molecule has 0 bridgehead atoms. The summed E-state index contributed by atoms with van der Waals surface area (Å²) in [5.41, 5.74) is 9.47. The second-order valence-electron chi connectivity index (χ2n) is 6.96. The lowest BCUT2D eigenvalue weighted by Gasteiger charge is -2.32. The van der Waals surface area contributed by atoms with Crippen LogP contribution in [0.4, 0.5) is 10.1 Å². The molecule has 1 aliphatic rings. The van der Waals surface area contributed by atoms with Crippen LogP contribution in [0.1, 0.15) is 34.3 Å². The highest BCUT2D eigenvalue weighted by Gasteiger charge is 2.20. The average molecular weight is 356 g/mol. The zero-order valence-corrected chi connectivity index (χ0v) is 15.1. The van der Waals surface area contributed by atoms with Crippen molar-refractivity contribution in [1.29, 1.82) is 0 Å². The molecule has 0 atom stereocenters. The number of carbonyl (C=O) groups is 1. The Bertz CT molecular complexity index is 753. The van der Waals surface area contributed by atoms with Crippen molar-refractivity contribution in [1.82, 2.24) is 4.90 Å². The molecule has 2 N–H and O–H groups in total. The number of ether oxygens (including phenoxy) is 1. The van der Waals surface area contributed by atoms with Gasteiger partial charge in [-0.1, -0.05) is 12.1 Å². The van der Waals surface area contributed by atoms with Gasteiger partial charge in [0.15, 0.2) is 0 Å². The Balaban J connectivity index is 1.55. The number of anilines is 1. The molecular weight excluding hydrogens is 331 g/mol. The van der Waals surface area contributed by atoms with E-state index in [2.05, 4.69) is 4.90 Å². The van der Waals surface area contributed by atoms with Gasteiger partial charge in [-0.2, -0.15) is 0 Å². The molecule has 5 heteroatoms. The van der Waals surface area contributed by atoms with Gasteiger partial charge in [0.2, 0.25) is 0 Å². The molecule has 3 rings (SSSR count). The van der Waals surface area contributed by atoms with Crippen molar-refractivity contribution in [2.24, 2.45) is 5.92 Å². The highest BCUT2D eigenvalue weighted by Crippen LogP contribution is 2.24. The van der Waals surface area contributed by atoms with Crippen molar-refractivity contribution in [2.75, 3.05) is 25.9 Å². The fourth-order valence-corrected chi connectivity index (χ4v) is 3.53. The summed E-state index contributed by atoms with van der Waals surface area (Å²) in [5.74, 6) is 0.0926. The molecule has 0 aliphatic carbocycles. The second-order valence-corrected chi connectivity index (χ2v) is 6.96. The topological polar surface area (TPSA) is 55.6 Å². The van der Waals surface area contributed by atoms with Gasteiger partial charge in [0.1, 0.15) is 5.82 Å². The summed E-state index contributed by atoms with van der Waals surface area (Å²) in [4.78, 5) is 14.1. The fraction of sp³-hybridized carbons (Fsp3) is 0.381. The van der Waals surface area contributed by atoms with E-state index in [0.29, 0.717) is 17.2 Å². The van der Waals surface area contributed by atoms with E-state index >= 15 is 0 Å². The van der Waals surface area contributed by atoms with Crippen LogP contribution in [-0.4, -0.2) is 31.1 Å². The SMILES string of the molecule is COC(=O)c1ccc(N)c(CN2CCC(Cc3ccc(F)cc3)CC2)c1. The van der Waals surface area contributed by atoms with Crippen LogP contribution in [0.3, 0.4) is 0 Å². The smallest absolute Gasteiger partial charge is 0.337 e. The van der Waals surface area contributed by atoms with Gasteiger partial charge in [-0.05, 0) is 79.7 Å². The highest BCUT2D eigenvalue weighted by atomic mass is 19.1. The van der Waals surface area contributed by atoms with Gasteiger partial charge in [0.25, 0.3) is 0 Å². The van der Waals surface area contributed by atoms with Gasteiger partial charge >= 0.3 is 5.97 Å². The molecule has 138 valence electrons. The Kier molecular flexibility index (Phi) is 5.89. The van der Waals surface area contributed by atoms with Crippen LogP contribution < -0.4 is 5.73 Å². The largest absolute Gasteiger partial charge is 0.465 e. The van der Waals surface area contributed by atoms with Crippen LogP contribution in [0, 0.1) is 11.7 Å². The lowest BCUT2D eigenvalue weighted by molar-refractivity contribution is 0.0600. The van der Waals surface area contributed by atoms with Crippen molar-refractivity contribution in [3.8, 4) is 0 Å². The molecule has 0 saturated carbocycles. The van der Waals surface area contributed by atoms with E-state index in [9.17, 15) is 9.18 Å². The number of nitrogens with zero attached hydrogens (tertiary/aromatic N) is 1. The van der Waals surface area contributed by atoms with Gasteiger partial charge in [0.05, 0.1) is 12.7 Å². The molecule has 1 heterocycles. The summed E-state index contributed by atoms with van der Waals surface area (Å²) in [5, 5.41) is 0. The summed E-state index contributed by atoms with van der Waals surface area (Å²) >= 11 is 0. The summed E-state index contributed by atoms with van der Waals surface area (Å²) in [6.45, 7) is 2.72. The Labute approximate surface area is 153 Å². The minimum Gasteiger partial charge on any atom is -0.465 e. The summed E-state index contributed by atoms with van der Waals surface area (Å²) in [7, 11) is 1.38. The maximum Gasteiger partial charge on any atom is 0.337 e. The molecule has 4 nitrogen and oxygen atoms in total. The quantitative estimate of drug-likeness (QED) is 0.656. The van der Waals surface area contributed by atoms with Crippen LogP contribution in [0.5, 0.6) is 0 Å². The van der Waals surface area contributed by atoms with Crippen molar-refractivity contribution in [2.45, 2.75) is 25.8 Å². The summed E-state index contributed by atoms with van der Waals surface area (Å²) < 4.78 is 17.8. The van der Waals surface area contributed by atoms with Crippen LogP contribution in [-0.2, 0) is 17.7 Å². The van der Waals surface area contributed by atoms with Crippen LogP contribution in [0.15, 0.2) is 42.5 Å². The zero-order chi connectivity index (χ0) is 18.5. The Morgan fingerprint density at radius 2 is 1.88 bits per heavy atom. The first-order chi connectivity index (χ1) is 12.5. The van der Waals surface area contributed by atoms with Crippen molar-refractivity contribution in [3.05, 3.63) is 65.0 Å². The zero-order valence-electron chi connectivity index (χ0n) is 15.1. The van der Waals surface area contributed by atoms with Crippen LogP contribution in [0.2, 0.25) is 0 Å². The number of nitrogen functional groups attached to an aromatic ring is 1. The Morgan fingerprint density at radius 1 is 1.19 bits per heavy atom. The van der Waals surface area contributed by atoms with E-state index < -0.39 is 0 Å². The van der Waals surface area contributed by atoms with E-state index in [1.165, 1.54) is 24.8 Å². The number of nitrogens with two attached hydrogens (primary N) is 1. The standard InChI is InChI=1S/C21H25FN2O2/c1-26-21(25)17-4-7-20(23)18(13-17)14-24-10-8-16(9-11-24)12-15-2-5-19(22)6-3-15/h2-7,13,16H,8-12,14,23H2,1H3. The number of rotatable bonds is 5. The van der Waals surface area contributed by atoms with Crippen molar-refractivity contribution < 1.29 is 13.9 Å². The number of piperidine rings is 1. The monoisotopic (exact) mass is 356 g/mol. The Morgan fingerprint density at radius 3 is 2.54 bits per heavy atom. The Hall–Kier alpha value is -2.40. The molecule has 0 amide bonds. The maximum atomic E-state index is 13.0. The minimum atomic E-state index is -0.343. The summed E-state index contributed by atoms with van der Waals surface area (Å²) in [6.07, 6.45) is 3.20. The van der Waals surface area contributed by atoms with E-state index in [-0.39, 0.29) is 11.8 Å². The molecule has 0 spiro atoms. The second kappa shape index (κ2) is 8.32. The third kappa shape index (κ3) is 4.61. The van der Waals surface area contributed by atoms with Gasteiger partial charge in [-0.15, -0.1) is 0 Å². The van der Waals surface area contributed by atoms with Gasteiger partial charge in [-0.25, -0.2) is 9.18 Å². The van der Waals surface area contributed by atoms with Gasteiger partial charge in [0, 0.05) is 12.2 Å². The first-order valence-corrected chi connectivity index (χ1v) is 8.98. The third-order valence-electron chi connectivity index (χ3n) is 5.10. The molecule has 2 aromatic rings. The fourth-order valence-electron chi connectivity index (χ4n) is 3.53. The highest BCUT2D eigenvalue weighted by molar-refractivity contribution is 5.90. The number of methoxy groups -OCH3 is 1. The minimum absolute atomic E-state index is 0.185. The molecular formula is C21H25FN2O2. The number of benzene rings is 2. The predicted molar refractivity (Wildman–Crippen MR) is 100 cm³/mol. The number of hydrogen-bond acceptors (Lipinski definition) is 4. The molecule has 1 fully saturated rings. The molecule has 1 saturated heterocycles. The number of hydrogen-bond donors (Lipinski definition) is 1. The molecule has 0 aromatic heterocycles. The van der Waals surface area contributed by atoms with Crippen molar-refractivity contribution >= 4 is 11.7 Å². The number of likely N-dealkylation sites (tertiary alicyclic amines) is 1. The predicted octanol–water partition coefficient (Wildman–Crippen LogP) is 3.65. The van der Waals surface area contributed by atoms with E-state index in [0.717, 1.165) is 44.5 Å². The molecule has 1 aliphatic heterocycles. The number of esters is 1. The van der Waals surface area contributed by atoms with E-state index in [4.69, 9.17) is 10.5 Å². The number of carbonyl (C=O) groups excluding carboxylic acids is 1. The maximum absolute atomic E-state index is 13.0. The normalized spacial score (nSPS) is 15.8. The molecule has 0 radical (unpaired) electrons. The lowest BCUT2D eigenvalue weighted by atomic mass is 9.90. The van der Waals surface area contributed by atoms with Crippen molar-refractivity contribution in [3.63, 3.8) is 0 Å². The van der Waals surface area contributed by atoms with E-state index in [1.807, 2.05) is 18.2 Å². The van der Waals surface area contributed by atoms with Gasteiger partial charge in [-0.3, -0.25) is 4.90 Å². The van der Waals surface area contributed by atoms with Gasteiger partial charge < -0.3 is 10.5 Å². The first-order valence-electron chi connectivity index (χ1n) is 8.98. The molecule has 2 aromatic carbocycles. The molecule has 0 unspecified atom stereocenters. The van der Waals surface area contributed by atoms with Crippen LogP contribution >= 0.6 is 0 Å². The first kappa shape index (κ1) is 18.4. The molecule has 26 heavy (non-hydrogen) atoms.